The van der Waals surface area contributed by atoms with Gasteiger partial charge in [-0.15, -0.1) is 0 Å². The minimum atomic E-state index is -4.44. The lowest BCUT2D eigenvalue weighted by atomic mass is 9.68. The predicted molar refractivity (Wildman–Crippen MR) is 168 cm³/mol. The van der Waals surface area contributed by atoms with E-state index in [9.17, 15) is 18.0 Å². The summed E-state index contributed by atoms with van der Waals surface area (Å²) < 4.78 is 66.9. The van der Waals surface area contributed by atoms with Crippen LogP contribution >= 0.6 is 0 Å². The summed E-state index contributed by atoms with van der Waals surface area (Å²) in [4.78, 5) is 17.9. The molecule has 1 saturated heterocycles. The zero-order chi connectivity index (χ0) is 33.3. The van der Waals surface area contributed by atoms with E-state index in [1.54, 1.807) is 0 Å². The highest BCUT2D eigenvalue weighted by Gasteiger charge is 2.56. The van der Waals surface area contributed by atoms with Crippen LogP contribution in [0.25, 0.3) is 0 Å². The van der Waals surface area contributed by atoms with E-state index < -0.39 is 43.3 Å². The number of rotatable bonds is 5. The maximum Gasteiger partial charge on any atom is 0.416 e. The number of aromatic nitrogens is 1. The molecule has 0 radical (unpaired) electrons. The van der Waals surface area contributed by atoms with Crippen LogP contribution in [0.2, 0.25) is 18.1 Å². The van der Waals surface area contributed by atoms with Crippen LogP contribution in [0.5, 0.6) is 0 Å². The number of fused-ring (bicyclic) bond motifs is 4. The summed E-state index contributed by atoms with van der Waals surface area (Å²) in [5.41, 5.74) is 3.04. The van der Waals surface area contributed by atoms with Gasteiger partial charge in [-0.1, -0.05) is 60.6 Å². The summed E-state index contributed by atoms with van der Waals surface area (Å²) in [6.07, 6.45) is -4.22. The first-order valence-electron chi connectivity index (χ1n) is 16.0. The molecule has 2 aliphatic heterocycles. The van der Waals surface area contributed by atoms with Gasteiger partial charge in [0.1, 0.15) is 12.2 Å². The van der Waals surface area contributed by atoms with Crippen molar-refractivity contribution in [2.75, 3.05) is 13.2 Å². The smallest absolute Gasteiger partial charge is 0.416 e. The molecule has 1 aromatic carbocycles. The number of benzene rings is 1. The summed E-state index contributed by atoms with van der Waals surface area (Å²) in [5, 5.41) is -0.0614. The second kappa shape index (κ2) is 11.5. The summed E-state index contributed by atoms with van der Waals surface area (Å²) in [6.45, 7) is 21.8. The highest BCUT2D eigenvalue weighted by molar-refractivity contribution is 6.74. The molecule has 3 aliphatic rings. The largest absolute Gasteiger partial charge is 0.455 e. The van der Waals surface area contributed by atoms with E-state index in [0.717, 1.165) is 34.5 Å². The van der Waals surface area contributed by atoms with Crippen molar-refractivity contribution in [3.63, 3.8) is 0 Å². The third-order valence-electron chi connectivity index (χ3n) is 10.3. The summed E-state index contributed by atoms with van der Waals surface area (Å²) in [7, 11) is -2.32. The fourth-order valence-corrected chi connectivity index (χ4v) is 8.21. The van der Waals surface area contributed by atoms with Crippen LogP contribution in [0, 0.1) is 5.41 Å². The second-order valence-corrected chi connectivity index (χ2v) is 20.3. The van der Waals surface area contributed by atoms with Gasteiger partial charge >= 0.3 is 12.1 Å². The fourth-order valence-electron chi connectivity index (χ4n) is 6.94. The average molecular weight is 648 g/mol. The monoisotopic (exact) mass is 647 g/mol. The minimum Gasteiger partial charge on any atom is -0.455 e. The molecule has 0 amide bonds. The van der Waals surface area contributed by atoms with E-state index in [-0.39, 0.29) is 23.0 Å². The summed E-state index contributed by atoms with van der Waals surface area (Å²) in [6, 6.07) is 5.29. The number of carbonyl (C=O) groups is 1. The van der Waals surface area contributed by atoms with Crippen LogP contribution in [0.1, 0.15) is 138 Å². The van der Waals surface area contributed by atoms with Crippen LogP contribution < -0.4 is 0 Å². The lowest BCUT2D eigenvalue weighted by molar-refractivity contribution is -0.156. The molecule has 45 heavy (non-hydrogen) atoms. The van der Waals surface area contributed by atoms with Gasteiger partial charge < -0.3 is 18.6 Å². The van der Waals surface area contributed by atoms with Gasteiger partial charge in [0.05, 0.1) is 23.0 Å². The summed E-state index contributed by atoms with van der Waals surface area (Å²) in [5.74, 6) is -0.418. The molecule has 10 heteroatoms. The standard InChI is InChI=1S/C35H48F3NO5Si/c1-20(2)28-26-27(34(15-17-41-18-16-34)43-30(26)22-11-13-23(14-12-22)35(36,37)38)25-24(44-45(9,10)32(4,5)6)19-33(7,8)31(29(25)39-28)42-21(3)40/h11-14,20,24,30-31H,15-19H2,1-10H3/t24-,30+,31-/m0/s1. The van der Waals surface area contributed by atoms with E-state index in [4.69, 9.17) is 23.6 Å². The molecule has 3 atom stereocenters. The Hall–Kier alpha value is -2.27. The highest BCUT2D eigenvalue weighted by Crippen LogP contribution is 2.61. The molecule has 1 aromatic heterocycles. The molecule has 3 heterocycles. The molecule has 2 aromatic rings. The zero-order valence-electron chi connectivity index (χ0n) is 28.3. The third kappa shape index (κ3) is 6.12. The van der Waals surface area contributed by atoms with Gasteiger partial charge in [-0.25, -0.2) is 0 Å². The molecule has 1 spiro atoms. The van der Waals surface area contributed by atoms with Crippen LogP contribution in [0.15, 0.2) is 24.3 Å². The Morgan fingerprint density at radius 2 is 1.64 bits per heavy atom. The molecular weight excluding hydrogens is 599 g/mol. The van der Waals surface area contributed by atoms with E-state index >= 15 is 0 Å². The quantitative estimate of drug-likeness (QED) is 0.238. The van der Waals surface area contributed by atoms with Crippen molar-refractivity contribution >= 4 is 14.3 Å². The Morgan fingerprint density at radius 1 is 1.04 bits per heavy atom. The van der Waals surface area contributed by atoms with Gasteiger partial charge in [0.15, 0.2) is 8.32 Å². The number of hydrogen-bond acceptors (Lipinski definition) is 6. The Bertz CT molecular complexity index is 1440. The second-order valence-electron chi connectivity index (χ2n) is 15.5. The fraction of sp³-hybridized carbons (Fsp3) is 0.657. The number of pyridine rings is 1. The zero-order valence-corrected chi connectivity index (χ0v) is 29.3. The van der Waals surface area contributed by atoms with E-state index in [1.807, 2.05) is 0 Å². The Balaban J connectivity index is 1.83. The maximum absolute atomic E-state index is 13.5. The van der Waals surface area contributed by atoms with Crippen LogP contribution in [-0.2, 0) is 35.2 Å². The molecule has 0 N–H and O–H groups in total. The molecule has 6 nitrogen and oxygen atoms in total. The molecule has 248 valence electrons. The number of carbonyl (C=O) groups excluding carboxylic acids is 1. The van der Waals surface area contributed by atoms with Gasteiger partial charge in [0.2, 0.25) is 0 Å². The van der Waals surface area contributed by atoms with Gasteiger partial charge in [0, 0.05) is 55.2 Å². The maximum atomic E-state index is 13.5. The van der Waals surface area contributed by atoms with Gasteiger partial charge in [0.25, 0.3) is 0 Å². The molecular formula is C35H48F3NO5Si. The van der Waals surface area contributed by atoms with E-state index in [1.165, 1.54) is 19.1 Å². The highest BCUT2D eigenvalue weighted by atomic mass is 28.4. The number of nitrogens with zero attached hydrogens (tertiary/aromatic N) is 1. The molecule has 0 bridgehead atoms. The first-order valence-corrected chi connectivity index (χ1v) is 19.0. The molecule has 1 aliphatic carbocycles. The van der Waals surface area contributed by atoms with Gasteiger partial charge in [-0.3, -0.25) is 9.78 Å². The first kappa shape index (κ1) is 34.1. The normalized spacial score (nSPS) is 24.4. The van der Waals surface area contributed by atoms with Gasteiger partial charge in [-0.2, -0.15) is 13.2 Å². The Labute approximate surface area is 266 Å². The third-order valence-corrected chi connectivity index (χ3v) is 14.8. The topological polar surface area (TPSA) is 66.9 Å². The minimum absolute atomic E-state index is 0.0395. The van der Waals surface area contributed by atoms with E-state index in [2.05, 4.69) is 61.6 Å². The van der Waals surface area contributed by atoms with E-state index in [0.29, 0.717) is 43.7 Å². The predicted octanol–water partition coefficient (Wildman–Crippen LogP) is 9.45. The van der Waals surface area contributed by atoms with Crippen LogP contribution in [-0.4, -0.2) is 32.5 Å². The number of hydrogen-bond donors (Lipinski definition) is 0. The van der Waals surface area contributed by atoms with Crippen molar-refractivity contribution < 1.29 is 36.6 Å². The van der Waals surface area contributed by atoms with Crippen molar-refractivity contribution in [2.24, 2.45) is 5.41 Å². The average Bonchev–Trinajstić information content (AvgIpc) is 3.23. The number of halogens is 3. The number of ether oxygens (including phenoxy) is 3. The van der Waals surface area contributed by atoms with Crippen molar-refractivity contribution in [1.82, 2.24) is 4.98 Å². The van der Waals surface area contributed by atoms with Crippen molar-refractivity contribution in [2.45, 2.75) is 129 Å². The Morgan fingerprint density at radius 3 is 2.16 bits per heavy atom. The Kier molecular flexibility index (Phi) is 8.67. The molecule has 0 unspecified atom stereocenters. The lowest BCUT2D eigenvalue weighted by Crippen LogP contribution is -2.46. The molecule has 0 saturated carbocycles. The van der Waals surface area contributed by atoms with Gasteiger partial charge in [-0.05, 0) is 53.7 Å². The van der Waals surface area contributed by atoms with Crippen molar-refractivity contribution in [1.29, 1.82) is 0 Å². The van der Waals surface area contributed by atoms with Crippen molar-refractivity contribution in [3.8, 4) is 0 Å². The number of alkyl halides is 3. The van der Waals surface area contributed by atoms with Crippen LogP contribution in [0.4, 0.5) is 13.2 Å². The molecule has 1 fully saturated rings. The lowest BCUT2D eigenvalue weighted by Gasteiger charge is -2.48. The summed E-state index contributed by atoms with van der Waals surface area (Å²) >= 11 is 0. The SMILES string of the molecule is CC(=O)O[C@H]1c2nc(C(C)C)c3c(c2[C@@H](O[Si](C)(C)C(C)(C)C)CC1(C)C)C1(CCOCC1)O[C@@H]3c1ccc(C(F)(F)F)cc1. The first-order chi connectivity index (χ1) is 20.7. The molecule has 5 rings (SSSR count). The van der Waals surface area contributed by atoms with Crippen LogP contribution in [0.3, 0.4) is 0 Å². The van der Waals surface area contributed by atoms with Crippen molar-refractivity contribution in [3.05, 3.63) is 63.5 Å². The number of esters is 1.